The summed E-state index contributed by atoms with van der Waals surface area (Å²) in [5.74, 6) is 1.20. The molecule has 182 valence electrons. The highest BCUT2D eigenvalue weighted by molar-refractivity contribution is 5.81. The van der Waals surface area contributed by atoms with Crippen molar-refractivity contribution < 1.29 is 9.53 Å². The van der Waals surface area contributed by atoms with E-state index < -0.39 is 5.60 Å². The summed E-state index contributed by atoms with van der Waals surface area (Å²) < 4.78 is 7.63. The normalized spacial score (nSPS) is 20.6. The first-order valence-corrected chi connectivity index (χ1v) is 12.5. The summed E-state index contributed by atoms with van der Waals surface area (Å²) in [4.78, 5) is 24.5. The molecule has 0 amide bonds. The number of rotatable bonds is 5. The number of nitrogens with zero attached hydrogens (tertiary/aromatic N) is 6. The van der Waals surface area contributed by atoms with E-state index >= 15 is 0 Å². The van der Waals surface area contributed by atoms with Crippen molar-refractivity contribution >= 4 is 17.3 Å². The summed E-state index contributed by atoms with van der Waals surface area (Å²) in [5.41, 5.74) is 3.95. The summed E-state index contributed by atoms with van der Waals surface area (Å²) >= 11 is 0. The molecule has 1 aliphatic carbocycles. The van der Waals surface area contributed by atoms with Gasteiger partial charge < -0.3 is 9.64 Å². The van der Waals surface area contributed by atoms with Crippen molar-refractivity contribution in [3.8, 4) is 17.5 Å². The summed E-state index contributed by atoms with van der Waals surface area (Å²) in [5, 5.41) is 14.0. The van der Waals surface area contributed by atoms with Crippen molar-refractivity contribution in [1.82, 2.24) is 19.6 Å². The second-order valence-corrected chi connectivity index (χ2v) is 10.7. The second-order valence-electron chi connectivity index (χ2n) is 10.7. The van der Waals surface area contributed by atoms with Crippen molar-refractivity contribution in [3.05, 3.63) is 41.9 Å². The maximum Gasteiger partial charge on any atom is 0.309 e. The Morgan fingerprint density at radius 3 is 2.71 bits per heavy atom. The number of esters is 1. The number of nitriles is 1. The van der Waals surface area contributed by atoms with Gasteiger partial charge in [-0.3, -0.25) is 9.78 Å². The number of ether oxygens (including phenoxy) is 1. The molecule has 2 fully saturated rings. The number of carbonyl (C=O) groups is 1. The Balaban J connectivity index is 1.53. The smallest absolute Gasteiger partial charge is 0.309 e. The highest BCUT2D eigenvalue weighted by Gasteiger charge is 2.37. The zero-order valence-corrected chi connectivity index (χ0v) is 20.9. The van der Waals surface area contributed by atoms with Gasteiger partial charge in [0.2, 0.25) is 0 Å². The summed E-state index contributed by atoms with van der Waals surface area (Å²) in [6, 6.07) is 8.08. The fraction of sp³-hybridized carbons (Fsp3) is 0.519. The minimum atomic E-state index is -0.479. The highest BCUT2D eigenvalue weighted by atomic mass is 16.6. The monoisotopic (exact) mass is 472 g/mol. The predicted octanol–water partition coefficient (Wildman–Crippen LogP) is 4.88. The van der Waals surface area contributed by atoms with Crippen molar-refractivity contribution in [2.45, 2.75) is 77.4 Å². The molecule has 8 heteroatoms. The van der Waals surface area contributed by atoms with Crippen LogP contribution in [-0.2, 0) is 9.53 Å². The molecule has 0 N–H and O–H groups in total. The molecular formula is C27H32N6O2. The van der Waals surface area contributed by atoms with Gasteiger partial charge in [0, 0.05) is 18.8 Å². The fourth-order valence-corrected chi connectivity index (χ4v) is 5.11. The molecule has 4 heterocycles. The van der Waals surface area contributed by atoms with Crippen LogP contribution in [0, 0.1) is 17.2 Å². The van der Waals surface area contributed by atoms with Crippen LogP contribution >= 0.6 is 0 Å². The Kier molecular flexibility index (Phi) is 5.96. The number of pyridine rings is 1. The minimum absolute atomic E-state index is 0.101. The van der Waals surface area contributed by atoms with Crippen LogP contribution in [0.15, 0.2) is 30.7 Å². The molecule has 0 unspecified atom stereocenters. The van der Waals surface area contributed by atoms with Gasteiger partial charge in [-0.2, -0.15) is 10.4 Å². The van der Waals surface area contributed by atoms with Gasteiger partial charge in [-0.1, -0.05) is 6.92 Å². The minimum Gasteiger partial charge on any atom is -0.460 e. The van der Waals surface area contributed by atoms with Gasteiger partial charge >= 0.3 is 5.97 Å². The van der Waals surface area contributed by atoms with Gasteiger partial charge in [-0.05, 0) is 82.6 Å². The van der Waals surface area contributed by atoms with Crippen molar-refractivity contribution in [2.75, 3.05) is 11.4 Å². The van der Waals surface area contributed by atoms with E-state index in [1.165, 1.54) is 5.56 Å². The topological polar surface area (TPSA) is 96.4 Å². The molecule has 2 aliphatic rings. The molecule has 0 aromatic carbocycles. The Labute approximate surface area is 205 Å². The van der Waals surface area contributed by atoms with Gasteiger partial charge in [0.1, 0.15) is 17.4 Å². The third-order valence-electron chi connectivity index (χ3n) is 6.93. The van der Waals surface area contributed by atoms with Crippen molar-refractivity contribution in [1.29, 1.82) is 5.26 Å². The average Bonchev–Trinajstić information content (AvgIpc) is 3.62. The number of hydrogen-bond donors (Lipinski definition) is 0. The summed E-state index contributed by atoms with van der Waals surface area (Å²) in [7, 11) is 0. The van der Waals surface area contributed by atoms with Gasteiger partial charge in [-0.15, -0.1) is 0 Å². The Morgan fingerprint density at radius 2 is 2.03 bits per heavy atom. The molecular weight excluding hydrogens is 440 g/mol. The average molecular weight is 473 g/mol. The zero-order valence-electron chi connectivity index (χ0n) is 20.9. The Morgan fingerprint density at radius 1 is 1.23 bits per heavy atom. The van der Waals surface area contributed by atoms with Crippen LogP contribution < -0.4 is 4.90 Å². The first-order chi connectivity index (χ1) is 16.8. The van der Waals surface area contributed by atoms with Crippen molar-refractivity contribution in [3.63, 3.8) is 0 Å². The lowest BCUT2D eigenvalue weighted by Crippen LogP contribution is -2.46. The van der Waals surface area contributed by atoms with Gasteiger partial charge in [-0.25, -0.2) is 9.50 Å². The number of piperidine rings is 1. The molecule has 1 saturated carbocycles. The Hall–Kier alpha value is -3.47. The van der Waals surface area contributed by atoms with E-state index in [1.807, 2.05) is 25.3 Å². The van der Waals surface area contributed by atoms with Crippen LogP contribution in [0.2, 0.25) is 0 Å². The molecule has 35 heavy (non-hydrogen) atoms. The molecule has 3 aromatic heterocycles. The van der Waals surface area contributed by atoms with Crippen LogP contribution in [0.4, 0.5) is 5.82 Å². The van der Waals surface area contributed by atoms with Crippen LogP contribution in [0.3, 0.4) is 0 Å². The van der Waals surface area contributed by atoms with Crippen LogP contribution in [0.1, 0.15) is 76.8 Å². The number of fused-ring (bicyclic) bond motifs is 1. The van der Waals surface area contributed by atoms with Gasteiger partial charge in [0.15, 0.2) is 5.82 Å². The molecule has 5 rings (SSSR count). The van der Waals surface area contributed by atoms with Crippen molar-refractivity contribution in [2.24, 2.45) is 5.92 Å². The van der Waals surface area contributed by atoms with E-state index in [4.69, 9.17) is 9.72 Å². The van der Waals surface area contributed by atoms with E-state index in [1.54, 1.807) is 24.7 Å². The number of anilines is 1. The number of carbonyl (C=O) groups excluding carboxylic acids is 1. The second kappa shape index (κ2) is 8.95. The van der Waals surface area contributed by atoms with Gasteiger partial charge in [0.05, 0.1) is 28.9 Å². The van der Waals surface area contributed by atoms with E-state index in [0.29, 0.717) is 11.5 Å². The molecule has 1 saturated heterocycles. The Bertz CT molecular complexity index is 1300. The molecule has 2 atom stereocenters. The number of aromatic nitrogens is 4. The molecule has 0 radical (unpaired) electrons. The first-order valence-electron chi connectivity index (χ1n) is 12.5. The van der Waals surface area contributed by atoms with E-state index in [2.05, 4.69) is 34.0 Å². The SMILES string of the molecule is CC[C@@H]1C[C@H](C(=O)OC(C)(C)C)CCN1c1ncnn2c(-c3cc(C#N)ccn3)cc(C3CC3)c12. The molecule has 0 bridgehead atoms. The summed E-state index contributed by atoms with van der Waals surface area (Å²) in [6.45, 7) is 8.65. The number of hydrogen-bond acceptors (Lipinski definition) is 7. The zero-order chi connectivity index (χ0) is 24.7. The van der Waals surface area contributed by atoms with Crippen LogP contribution in [0.5, 0.6) is 0 Å². The molecule has 0 spiro atoms. The fourth-order valence-electron chi connectivity index (χ4n) is 5.11. The largest absolute Gasteiger partial charge is 0.460 e. The van der Waals surface area contributed by atoms with E-state index in [-0.39, 0.29) is 17.9 Å². The predicted molar refractivity (Wildman–Crippen MR) is 133 cm³/mol. The van der Waals surface area contributed by atoms with Gasteiger partial charge in [0.25, 0.3) is 0 Å². The standard InChI is InChI=1S/C27H32N6O2/c1-5-20-13-19(26(34)35-27(2,3)4)9-11-32(20)25-24-21(18-6-7-18)14-23(33(24)31-16-30-25)22-12-17(15-28)8-10-29-22/h8,10,12,14,16,18-20H,5-7,9,11,13H2,1-4H3/t19-,20-/m1/s1. The maximum absolute atomic E-state index is 12.8. The molecule has 8 nitrogen and oxygen atoms in total. The molecule has 1 aliphatic heterocycles. The highest BCUT2D eigenvalue weighted by Crippen LogP contribution is 2.46. The van der Waals surface area contributed by atoms with E-state index in [9.17, 15) is 10.1 Å². The van der Waals surface area contributed by atoms with E-state index in [0.717, 1.165) is 61.4 Å². The lowest BCUT2D eigenvalue weighted by Gasteiger charge is -2.40. The molecule has 3 aromatic rings. The summed E-state index contributed by atoms with van der Waals surface area (Å²) in [6.07, 6.45) is 7.96. The lowest BCUT2D eigenvalue weighted by atomic mass is 9.89. The lowest BCUT2D eigenvalue weighted by molar-refractivity contribution is -0.161. The first kappa shape index (κ1) is 23.3. The third kappa shape index (κ3) is 4.60. The maximum atomic E-state index is 12.8. The van der Waals surface area contributed by atoms with Crippen LogP contribution in [-0.4, -0.2) is 43.7 Å². The third-order valence-corrected chi connectivity index (χ3v) is 6.93. The van der Waals surface area contributed by atoms with Crippen LogP contribution in [0.25, 0.3) is 16.9 Å². The quantitative estimate of drug-likeness (QED) is 0.488.